The lowest BCUT2D eigenvalue weighted by molar-refractivity contribution is -0.297. The van der Waals surface area contributed by atoms with E-state index in [0.29, 0.717) is 19.3 Å². The van der Waals surface area contributed by atoms with Gasteiger partial charge in [0.25, 0.3) is 10.1 Å². The first-order valence-corrected chi connectivity index (χ1v) is 25.5. The first kappa shape index (κ1) is 56.1. The van der Waals surface area contributed by atoms with Crippen LogP contribution in [0.5, 0.6) is 0 Å². The maximum absolute atomic E-state index is 12.8. The van der Waals surface area contributed by atoms with Crippen molar-refractivity contribution in [3.8, 4) is 0 Å². The van der Waals surface area contributed by atoms with E-state index in [2.05, 4.69) is 32.1 Å². The number of allylic oxidation sites excluding steroid dienone is 4. The van der Waals surface area contributed by atoms with Gasteiger partial charge in [0, 0.05) is 12.8 Å². The van der Waals surface area contributed by atoms with Crippen LogP contribution in [-0.4, -0.2) is 96.0 Å². The zero-order chi connectivity index (χ0) is 44.1. The summed E-state index contributed by atoms with van der Waals surface area (Å²) >= 11 is 0. The van der Waals surface area contributed by atoms with Crippen LogP contribution in [0.1, 0.15) is 206 Å². The second-order valence-corrected chi connectivity index (χ2v) is 18.3. The third-order valence-corrected chi connectivity index (χ3v) is 11.8. The molecule has 0 amide bonds. The van der Waals surface area contributed by atoms with E-state index in [1.54, 1.807) is 0 Å². The Balaban J connectivity index is 2.37. The summed E-state index contributed by atoms with van der Waals surface area (Å²) in [5, 5.41) is 30.8. The lowest BCUT2D eigenvalue weighted by Gasteiger charge is -2.40. The minimum absolute atomic E-state index is 0.107. The van der Waals surface area contributed by atoms with Crippen LogP contribution < -0.4 is 0 Å². The van der Waals surface area contributed by atoms with Crippen LogP contribution in [0.3, 0.4) is 0 Å². The van der Waals surface area contributed by atoms with Gasteiger partial charge in [0.1, 0.15) is 36.8 Å². The largest absolute Gasteiger partial charge is 0.462 e. The highest BCUT2D eigenvalue weighted by atomic mass is 32.2. The molecule has 1 aliphatic rings. The molecule has 6 atom stereocenters. The molecule has 0 radical (unpaired) electrons. The van der Waals surface area contributed by atoms with Crippen molar-refractivity contribution in [2.45, 2.75) is 243 Å². The number of hydrogen-bond donors (Lipinski definition) is 4. The molecule has 352 valence electrons. The SMILES string of the molecule is CCCCCCCCCCCCCCCC/C=C/CC/C=C/CCCC(=O)O[C@H](COC(=O)CCCCCCCCCCC)CO[C@H]1O[C@H](CS(=O)(=O)O)[C@@H](O)C(O)C1O. The molecular formula is C47H86O12S. The summed E-state index contributed by atoms with van der Waals surface area (Å²) in [6.45, 7) is 3.72. The smallest absolute Gasteiger partial charge is 0.306 e. The van der Waals surface area contributed by atoms with Crippen LogP contribution in [-0.2, 0) is 38.7 Å². The summed E-state index contributed by atoms with van der Waals surface area (Å²) in [6, 6.07) is 0. The van der Waals surface area contributed by atoms with Gasteiger partial charge >= 0.3 is 11.9 Å². The predicted molar refractivity (Wildman–Crippen MR) is 238 cm³/mol. The van der Waals surface area contributed by atoms with Crippen molar-refractivity contribution in [1.82, 2.24) is 0 Å². The Morgan fingerprint density at radius 2 is 0.983 bits per heavy atom. The summed E-state index contributed by atoms with van der Waals surface area (Å²) in [5.74, 6) is -2.03. The highest BCUT2D eigenvalue weighted by Crippen LogP contribution is 2.24. The summed E-state index contributed by atoms with van der Waals surface area (Å²) in [4.78, 5) is 25.3. The van der Waals surface area contributed by atoms with Gasteiger partial charge in [-0.1, -0.05) is 173 Å². The number of hydrogen-bond acceptors (Lipinski definition) is 11. The van der Waals surface area contributed by atoms with Crippen LogP contribution in [0.2, 0.25) is 0 Å². The molecule has 0 spiro atoms. The molecule has 1 aliphatic heterocycles. The van der Waals surface area contributed by atoms with E-state index in [-0.39, 0.29) is 19.4 Å². The summed E-state index contributed by atoms with van der Waals surface area (Å²) in [7, 11) is -4.60. The molecular weight excluding hydrogens is 789 g/mol. The van der Waals surface area contributed by atoms with Crippen molar-refractivity contribution in [2.75, 3.05) is 19.0 Å². The molecule has 1 heterocycles. The molecule has 0 aromatic carbocycles. The number of aliphatic hydroxyl groups excluding tert-OH is 3. The highest BCUT2D eigenvalue weighted by molar-refractivity contribution is 7.85. The average molecular weight is 875 g/mol. The number of esters is 2. The first-order chi connectivity index (χ1) is 29.0. The quantitative estimate of drug-likeness (QED) is 0.0198. The van der Waals surface area contributed by atoms with Gasteiger partial charge in [-0.2, -0.15) is 8.42 Å². The van der Waals surface area contributed by atoms with Gasteiger partial charge in [-0.05, 0) is 44.9 Å². The predicted octanol–water partition coefficient (Wildman–Crippen LogP) is 10.0. The third-order valence-electron chi connectivity index (χ3n) is 11.0. The standard InChI is InChI=1S/C47H86O12S/c1-3-5-7-9-11-13-14-15-16-17-18-19-20-21-22-23-24-25-26-28-30-32-34-36-43(49)58-40(37-56-42(48)35-33-31-29-27-12-10-8-6-4-2)38-57-47-46(52)45(51)44(50)41(59-47)39-60(53,54)55/h23-24,28,30,40-41,44-47,50-52H,3-22,25-27,29,31-39H2,1-2H3,(H,53,54,55)/b24-23+,30-28+/t40-,41-,44-,45?,46?,47+/m1/s1. The van der Waals surface area contributed by atoms with Gasteiger partial charge in [0.05, 0.1) is 6.61 Å². The number of ether oxygens (including phenoxy) is 4. The molecule has 1 saturated heterocycles. The van der Waals surface area contributed by atoms with Crippen LogP contribution in [0, 0.1) is 0 Å². The van der Waals surface area contributed by atoms with Crippen molar-refractivity contribution in [3.63, 3.8) is 0 Å². The molecule has 0 aromatic rings. The van der Waals surface area contributed by atoms with E-state index < -0.39 is 71.2 Å². The molecule has 0 saturated carbocycles. The van der Waals surface area contributed by atoms with E-state index in [9.17, 15) is 37.9 Å². The van der Waals surface area contributed by atoms with Gasteiger partial charge in [-0.15, -0.1) is 0 Å². The fourth-order valence-electron chi connectivity index (χ4n) is 7.29. The number of unbranched alkanes of at least 4 members (excludes halogenated alkanes) is 24. The molecule has 1 rings (SSSR count). The van der Waals surface area contributed by atoms with E-state index in [1.807, 2.05) is 6.08 Å². The van der Waals surface area contributed by atoms with Gasteiger partial charge in [-0.25, -0.2) is 0 Å². The van der Waals surface area contributed by atoms with Crippen LogP contribution in [0.4, 0.5) is 0 Å². The second kappa shape index (κ2) is 37.7. The number of aliphatic hydroxyl groups is 3. The van der Waals surface area contributed by atoms with Crippen molar-refractivity contribution in [1.29, 1.82) is 0 Å². The van der Waals surface area contributed by atoms with Crippen molar-refractivity contribution >= 4 is 22.1 Å². The molecule has 60 heavy (non-hydrogen) atoms. The zero-order valence-electron chi connectivity index (χ0n) is 37.6. The molecule has 0 aromatic heterocycles. The van der Waals surface area contributed by atoms with Crippen LogP contribution in [0.15, 0.2) is 24.3 Å². The maximum atomic E-state index is 12.8. The number of carbonyl (C=O) groups is 2. The van der Waals surface area contributed by atoms with E-state index in [0.717, 1.165) is 38.5 Å². The van der Waals surface area contributed by atoms with E-state index >= 15 is 0 Å². The number of carbonyl (C=O) groups excluding carboxylic acids is 2. The van der Waals surface area contributed by atoms with Gasteiger partial charge in [0.15, 0.2) is 12.4 Å². The Kier molecular flexibility index (Phi) is 35.2. The van der Waals surface area contributed by atoms with E-state index in [1.165, 1.54) is 122 Å². The molecule has 0 aliphatic carbocycles. The van der Waals surface area contributed by atoms with Gasteiger partial charge in [0.2, 0.25) is 0 Å². The Morgan fingerprint density at radius 3 is 1.48 bits per heavy atom. The first-order valence-electron chi connectivity index (χ1n) is 23.9. The summed E-state index contributed by atoms with van der Waals surface area (Å²) in [5.41, 5.74) is 0. The minimum atomic E-state index is -4.60. The third kappa shape index (κ3) is 31.9. The Morgan fingerprint density at radius 1 is 0.550 bits per heavy atom. The van der Waals surface area contributed by atoms with Gasteiger partial charge in [-0.3, -0.25) is 14.1 Å². The molecule has 1 fully saturated rings. The molecule has 12 nitrogen and oxygen atoms in total. The van der Waals surface area contributed by atoms with Crippen molar-refractivity contribution in [3.05, 3.63) is 24.3 Å². The zero-order valence-corrected chi connectivity index (χ0v) is 38.4. The molecule has 13 heteroatoms. The van der Waals surface area contributed by atoms with Crippen molar-refractivity contribution < 1.29 is 56.8 Å². The Labute approximate surface area is 364 Å². The molecule has 4 N–H and O–H groups in total. The van der Waals surface area contributed by atoms with E-state index in [4.69, 9.17) is 18.9 Å². The highest BCUT2D eigenvalue weighted by Gasteiger charge is 2.46. The van der Waals surface area contributed by atoms with Gasteiger partial charge < -0.3 is 34.3 Å². The average Bonchev–Trinajstić information content (AvgIpc) is 3.21. The lowest BCUT2D eigenvalue weighted by Crippen LogP contribution is -2.60. The Hall–Kier alpha value is -1.87. The minimum Gasteiger partial charge on any atom is -0.462 e. The Bertz CT molecular complexity index is 1210. The van der Waals surface area contributed by atoms with Crippen LogP contribution in [0.25, 0.3) is 0 Å². The topological polar surface area (TPSA) is 186 Å². The summed E-state index contributed by atoms with van der Waals surface area (Å²) < 4.78 is 53.9. The van der Waals surface area contributed by atoms with Crippen LogP contribution >= 0.6 is 0 Å². The monoisotopic (exact) mass is 875 g/mol. The normalized spacial score (nSPS) is 20.3. The fourth-order valence-corrected chi connectivity index (χ4v) is 7.98. The van der Waals surface area contributed by atoms with Crippen molar-refractivity contribution in [2.24, 2.45) is 0 Å². The second-order valence-electron chi connectivity index (χ2n) is 16.8. The lowest BCUT2D eigenvalue weighted by atomic mass is 10.00. The summed E-state index contributed by atoms with van der Waals surface area (Å²) in [6.07, 6.45) is 32.6. The maximum Gasteiger partial charge on any atom is 0.306 e. The fraction of sp³-hybridized carbons (Fsp3) is 0.872. The molecule has 2 unspecified atom stereocenters. The molecule has 0 bridgehead atoms. The number of rotatable bonds is 40.